The molecular formula is C13H11BrFN3O2. The molecule has 1 aliphatic carbocycles. The summed E-state index contributed by atoms with van der Waals surface area (Å²) in [7, 11) is 0. The number of hydrogen-bond acceptors (Lipinski definition) is 3. The van der Waals surface area contributed by atoms with Crippen molar-refractivity contribution in [3.05, 3.63) is 45.4 Å². The van der Waals surface area contributed by atoms with Crippen molar-refractivity contribution in [2.75, 3.05) is 0 Å². The van der Waals surface area contributed by atoms with Gasteiger partial charge in [-0.1, -0.05) is 27.2 Å². The van der Waals surface area contributed by atoms with Gasteiger partial charge in [0, 0.05) is 10.4 Å². The van der Waals surface area contributed by atoms with Gasteiger partial charge >= 0.3 is 5.97 Å². The van der Waals surface area contributed by atoms with Crippen LogP contribution >= 0.6 is 15.9 Å². The van der Waals surface area contributed by atoms with Crippen molar-refractivity contribution in [2.45, 2.75) is 25.3 Å². The zero-order valence-electron chi connectivity index (χ0n) is 10.4. The zero-order chi connectivity index (χ0) is 14.3. The highest BCUT2D eigenvalue weighted by Crippen LogP contribution is 2.41. The van der Waals surface area contributed by atoms with Crippen LogP contribution in [0.25, 0.3) is 0 Å². The molecule has 1 aromatic carbocycles. The first-order chi connectivity index (χ1) is 9.56. The summed E-state index contributed by atoms with van der Waals surface area (Å²) in [4.78, 5) is 11.2. The number of aromatic nitrogens is 3. The number of rotatable bonds is 4. The van der Waals surface area contributed by atoms with E-state index in [0.717, 1.165) is 18.4 Å². The third kappa shape index (κ3) is 2.45. The van der Waals surface area contributed by atoms with E-state index in [9.17, 15) is 9.18 Å². The van der Waals surface area contributed by atoms with E-state index in [0.29, 0.717) is 16.7 Å². The predicted molar refractivity (Wildman–Crippen MR) is 72.2 cm³/mol. The van der Waals surface area contributed by atoms with Gasteiger partial charge in [0.25, 0.3) is 0 Å². The van der Waals surface area contributed by atoms with E-state index in [2.05, 4.69) is 26.2 Å². The molecule has 0 bridgehead atoms. The van der Waals surface area contributed by atoms with Crippen molar-refractivity contribution in [1.29, 1.82) is 0 Å². The second kappa shape index (κ2) is 4.97. The SMILES string of the molecule is O=C(O)c1nnn(Cc2ccc(F)cc2Br)c1C1CC1. The molecule has 0 spiro atoms. The van der Waals surface area contributed by atoms with Crippen LogP contribution in [0.15, 0.2) is 22.7 Å². The minimum absolute atomic E-state index is 0.0192. The maximum Gasteiger partial charge on any atom is 0.358 e. The van der Waals surface area contributed by atoms with Gasteiger partial charge in [-0.3, -0.25) is 0 Å². The first-order valence-corrected chi connectivity index (χ1v) is 6.96. The molecule has 0 radical (unpaired) electrons. The van der Waals surface area contributed by atoms with E-state index < -0.39 is 5.97 Å². The Balaban J connectivity index is 1.96. The van der Waals surface area contributed by atoms with Crippen LogP contribution in [0.5, 0.6) is 0 Å². The zero-order valence-corrected chi connectivity index (χ0v) is 12.0. The lowest BCUT2D eigenvalue weighted by atomic mass is 10.2. The molecule has 0 amide bonds. The van der Waals surface area contributed by atoms with Crippen LogP contribution in [0, 0.1) is 5.82 Å². The minimum Gasteiger partial charge on any atom is -0.476 e. The standard InChI is InChI=1S/C13H11BrFN3O2/c14-10-5-9(15)4-3-8(10)6-18-12(7-1-2-7)11(13(19)20)16-17-18/h3-5,7H,1-2,6H2,(H,19,20). The first kappa shape index (κ1) is 13.2. The van der Waals surface area contributed by atoms with Crippen LogP contribution in [0.3, 0.4) is 0 Å². The molecule has 1 heterocycles. The fourth-order valence-corrected chi connectivity index (χ4v) is 2.64. The molecule has 0 atom stereocenters. The monoisotopic (exact) mass is 339 g/mol. The van der Waals surface area contributed by atoms with Gasteiger partial charge in [0.1, 0.15) is 5.82 Å². The van der Waals surface area contributed by atoms with E-state index in [1.165, 1.54) is 12.1 Å². The molecule has 5 nitrogen and oxygen atoms in total. The number of aromatic carboxylic acids is 1. The molecule has 104 valence electrons. The lowest BCUT2D eigenvalue weighted by Crippen LogP contribution is -2.09. The van der Waals surface area contributed by atoms with Gasteiger partial charge in [-0.2, -0.15) is 0 Å². The molecule has 0 aliphatic heterocycles. The third-order valence-electron chi connectivity index (χ3n) is 3.28. The molecule has 20 heavy (non-hydrogen) atoms. The molecule has 7 heteroatoms. The van der Waals surface area contributed by atoms with E-state index in [4.69, 9.17) is 5.11 Å². The lowest BCUT2D eigenvalue weighted by molar-refractivity contribution is 0.0689. The Labute approximate surface area is 122 Å². The first-order valence-electron chi connectivity index (χ1n) is 6.17. The molecule has 0 unspecified atom stereocenters. The van der Waals surface area contributed by atoms with Crippen LogP contribution in [0.4, 0.5) is 4.39 Å². The van der Waals surface area contributed by atoms with Crippen molar-refractivity contribution in [1.82, 2.24) is 15.0 Å². The molecule has 2 aromatic rings. The second-order valence-corrected chi connectivity index (χ2v) is 5.65. The quantitative estimate of drug-likeness (QED) is 0.929. The summed E-state index contributed by atoms with van der Waals surface area (Å²) in [6, 6.07) is 4.39. The van der Waals surface area contributed by atoms with Crippen LogP contribution in [0.2, 0.25) is 0 Å². The van der Waals surface area contributed by atoms with Crippen LogP contribution in [-0.4, -0.2) is 26.1 Å². The van der Waals surface area contributed by atoms with Gasteiger partial charge in [0.2, 0.25) is 0 Å². The largest absolute Gasteiger partial charge is 0.476 e. The summed E-state index contributed by atoms with van der Waals surface area (Å²) in [6.45, 7) is 0.368. The van der Waals surface area contributed by atoms with Gasteiger partial charge in [0.15, 0.2) is 5.69 Å². The van der Waals surface area contributed by atoms with Gasteiger partial charge < -0.3 is 5.11 Å². The number of halogens is 2. The highest BCUT2D eigenvalue weighted by Gasteiger charge is 2.33. The molecule has 3 rings (SSSR count). The van der Waals surface area contributed by atoms with E-state index in [-0.39, 0.29) is 17.4 Å². The summed E-state index contributed by atoms with van der Waals surface area (Å²) in [5.41, 5.74) is 1.51. The fourth-order valence-electron chi connectivity index (χ4n) is 2.16. The van der Waals surface area contributed by atoms with Gasteiger partial charge in [0.05, 0.1) is 12.2 Å². The second-order valence-electron chi connectivity index (χ2n) is 4.80. The molecule has 1 aromatic heterocycles. The number of carbonyl (C=O) groups is 1. The normalized spacial score (nSPS) is 14.5. The van der Waals surface area contributed by atoms with E-state index >= 15 is 0 Å². The summed E-state index contributed by atoms with van der Waals surface area (Å²) >= 11 is 3.30. The molecule has 1 aliphatic rings. The summed E-state index contributed by atoms with van der Waals surface area (Å²) in [5, 5.41) is 16.8. The minimum atomic E-state index is -1.06. The van der Waals surface area contributed by atoms with Crippen LogP contribution in [0.1, 0.15) is 40.5 Å². The highest BCUT2D eigenvalue weighted by atomic mass is 79.9. The van der Waals surface area contributed by atoms with Crippen LogP contribution < -0.4 is 0 Å². The third-order valence-corrected chi connectivity index (χ3v) is 4.01. The molecule has 1 N–H and O–H groups in total. The smallest absolute Gasteiger partial charge is 0.358 e. The number of carboxylic acid groups (broad SMARTS) is 1. The van der Waals surface area contributed by atoms with Crippen molar-refractivity contribution in [2.24, 2.45) is 0 Å². The van der Waals surface area contributed by atoms with Crippen molar-refractivity contribution in [3.63, 3.8) is 0 Å². The topological polar surface area (TPSA) is 68.0 Å². The van der Waals surface area contributed by atoms with Crippen molar-refractivity contribution < 1.29 is 14.3 Å². The Hall–Kier alpha value is -1.76. The summed E-state index contributed by atoms with van der Waals surface area (Å²) < 4.78 is 15.3. The molecule has 1 saturated carbocycles. The molecule has 1 fully saturated rings. The summed E-state index contributed by atoms with van der Waals surface area (Å²) in [5.74, 6) is -1.17. The van der Waals surface area contributed by atoms with Crippen LogP contribution in [-0.2, 0) is 6.54 Å². The van der Waals surface area contributed by atoms with Crippen molar-refractivity contribution >= 4 is 21.9 Å². The highest BCUT2D eigenvalue weighted by molar-refractivity contribution is 9.10. The Bertz CT molecular complexity index is 682. The Kier molecular flexibility index (Phi) is 3.29. The van der Waals surface area contributed by atoms with E-state index in [1.54, 1.807) is 10.7 Å². The Morgan fingerprint density at radius 2 is 2.25 bits per heavy atom. The molecule has 0 saturated heterocycles. The fraction of sp³-hybridized carbons (Fsp3) is 0.308. The molecular weight excluding hydrogens is 329 g/mol. The maximum absolute atomic E-state index is 13.1. The number of carboxylic acids is 1. The van der Waals surface area contributed by atoms with Gasteiger partial charge in [-0.05, 0) is 30.5 Å². The average Bonchev–Trinajstić information content (AvgIpc) is 3.13. The Morgan fingerprint density at radius 1 is 1.50 bits per heavy atom. The van der Waals surface area contributed by atoms with E-state index in [1.807, 2.05) is 0 Å². The number of hydrogen-bond donors (Lipinski definition) is 1. The Morgan fingerprint density at radius 3 is 2.85 bits per heavy atom. The number of benzene rings is 1. The van der Waals surface area contributed by atoms with Gasteiger partial charge in [-0.25, -0.2) is 13.9 Å². The predicted octanol–water partition coefficient (Wildman–Crippen LogP) is 2.80. The average molecular weight is 340 g/mol. The maximum atomic E-state index is 13.1. The lowest BCUT2D eigenvalue weighted by Gasteiger charge is -2.08. The summed E-state index contributed by atoms with van der Waals surface area (Å²) in [6.07, 6.45) is 1.91. The number of nitrogens with zero attached hydrogens (tertiary/aromatic N) is 3. The van der Waals surface area contributed by atoms with Crippen molar-refractivity contribution in [3.8, 4) is 0 Å². The van der Waals surface area contributed by atoms with Gasteiger partial charge in [-0.15, -0.1) is 5.10 Å².